The summed E-state index contributed by atoms with van der Waals surface area (Å²) in [4.78, 5) is 25.7. The van der Waals surface area contributed by atoms with E-state index in [1.165, 1.54) is 12.1 Å². The van der Waals surface area contributed by atoms with E-state index < -0.39 is 4.92 Å². The molecule has 3 aromatic rings. The minimum Gasteiger partial charge on any atom is -0.378 e. The van der Waals surface area contributed by atoms with Crippen LogP contribution in [0.15, 0.2) is 60.7 Å². The molecule has 1 amide bonds. The Hall–Kier alpha value is -3.45. The van der Waals surface area contributed by atoms with Gasteiger partial charge in [0, 0.05) is 30.9 Å². The van der Waals surface area contributed by atoms with Crippen molar-refractivity contribution in [1.82, 2.24) is 0 Å². The third-order valence-corrected chi connectivity index (χ3v) is 4.79. The van der Waals surface area contributed by atoms with Crippen LogP contribution in [-0.2, 0) is 4.74 Å². The zero-order valence-electron chi connectivity index (χ0n) is 15.1. The molecule has 1 saturated heterocycles. The zero-order valence-corrected chi connectivity index (χ0v) is 15.1. The number of fused-ring (bicyclic) bond motifs is 1. The number of benzene rings is 3. The molecule has 0 aromatic heterocycles. The van der Waals surface area contributed by atoms with Gasteiger partial charge in [0.1, 0.15) is 0 Å². The second-order valence-electron chi connectivity index (χ2n) is 6.57. The molecule has 7 nitrogen and oxygen atoms in total. The molecule has 1 N–H and O–H groups in total. The van der Waals surface area contributed by atoms with Crippen molar-refractivity contribution in [2.24, 2.45) is 0 Å². The average Bonchev–Trinajstić information content (AvgIpc) is 2.73. The molecule has 1 aliphatic heterocycles. The Balaban J connectivity index is 1.67. The maximum atomic E-state index is 13.0. The molecule has 0 saturated carbocycles. The molecule has 1 aliphatic rings. The first kappa shape index (κ1) is 17.9. The van der Waals surface area contributed by atoms with E-state index in [1.54, 1.807) is 6.07 Å². The van der Waals surface area contributed by atoms with Crippen molar-refractivity contribution in [3.8, 4) is 0 Å². The standard InChI is InChI=1S/C21H19N3O4/c25-21(22-17-6-5-15-3-1-2-4-16(15)13-17)19-14-18(24(26)27)7-8-20(19)23-9-11-28-12-10-23/h1-8,13-14H,9-12H2,(H,22,25). The van der Waals surface area contributed by atoms with Crippen LogP contribution in [0.5, 0.6) is 0 Å². The Morgan fingerprint density at radius 2 is 1.75 bits per heavy atom. The van der Waals surface area contributed by atoms with Gasteiger partial charge in [-0.1, -0.05) is 30.3 Å². The molecule has 7 heteroatoms. The Morgan fingerprint density at radius 3 is 2.50 bits per heavy atom. The van der Waals surface area contributed by atoms with Crippen molar-refractivity contribution >= 4 is 33.7 Å². The number of hydrogen-bond acceptors (Lipinski definition) is 5. The number of hydrogen-bond donors (Lipinski definition) is 1. The Labute approximate surface area is 161 Å². The van der Waals surface area contributed by atoms with Crippen molar-refractivity contribution in [3.63, 3.8) is 0 Å². The molecule has 28 heavy (non-hydrogen) atoms. The van der Waals surface area contributed by atoms with Crippen molar-refractivity contribution in [3.05, 3.63) is 76.3 Å². The highest BCUT2D eigenvalue weighted by Gasteiger charge is 2.22. The maximum Gasteiger partial charge on any atom is 0.270 e. The molecule has 0 spiro atoms. The lowest BCUT2D eigenvalue weighted by atomic mass is 10.1. The molecule has 0 unspecified atom stereocenters. The first-order valence-electron chi connectivity index (χ1n) is 9.03. The molecule has 4 rings (SSSR count). The van der Waals surface area contributed by atoms with E-state index in [0.29, 0.717) is 37.7 Å². The van der Waals surface area contributed by atoms with Crippen molar-refractivity contribution < 1.29 is 14.5 Å². The van der Waals surface area contributed by atoms with Crippen LogP contribution in [0, 0.1) is 10.1 Å². The number of nitrogens with one attached hydrogen (secondary N) is 1. The number of rotatable bonds is 4. The van der Waals surface area contributed by atoms with Crippen LogP contribution in [0.2, 0.25) is 0 Å². The molecular formula is C21H19N3O4. The fourth-order valence-electron chi connectivity index (χ4n) is 3.36. The van der Waals surface area contributed by atoms with Gasteiger partial charge in [-0.2, -0.15) is 0 Å². The average molecular weight is 377 g/mol. The summed E-state index contributed by atoms with van der Waals surface area (Å²) >= 11 is 0. The lowest BCUT2D eigenvalue weighted by Crippen LogP contribution is -2.37. The van der Waals surface area contributed by atoms with Gasteiger partial charge >= 0.3 is 0 Å². The molecule has 3 aromatic carbocycles. The summed E-state index contributed by atoms with van der Waals surface area (Å²) in [6.07, 6.45) is 0. The lowest BCUT2D eigenvalue weighted by Gasteiger charge is -2.30. The first-order valence-corrected chi connectivity index (χ1v) is 9.03. The second kappa shape index (κ2) is 7.66. The van der Waals surface area contributed by atoms with Gasteiger partial charge in [0.2, 0.25) is 0 Å². The summed E-state index contributed by atoms with van der Waals surface area (Å²) in [5.41, 5.74) is 1.49. The van der Waals surface area contributed by atoms with Crippen LogP contribution < -0.4 is 10.2 Å². The molecular weight excluding hydrogens is 358 g/mol. The predicted molar refractivity (Wildman–Crippen MR) is 108 cm³/mol. The van der Waals surface area contributed by atoms with Gasteiger partial charge < -0.3 is 15.0 Å². The van der Waals surface area contributed by atoms with Crippen LogP contribution in [-0.4, -0.2) is 37.1 Å². The maximum absolute atomic E-state index is 13.0. The smallest absolute Gasteiger partial charge is 0.270 e. The molecule has 0 radical (unpaired) electrons. The highest BCUT2D eigenvalue weighted by Crippen LogP contribution is 2.28. The van der Waals surface area contributed by atoms with Crippen molar-refractivity contribution in [2.45, 2.75) is 0 Å². The minimum atomic E-state index is -0.490. The van der Waals surface area contributed by atoms with Gasteiger partial charge in [0.25, 0.3) is 11.6 Å². The number of anilines is 2. The van der Waals surface area contributed by atoms with E-state index >= 15 is 0 Å². The van der Waals surface area contributed by atoms with Gasteiger partial charge in [-0.15, -0.1) is 0 Å². The number of amides is 1. The Kier molecular flexibility index (Phi) is 4.90. The van der Waals surface area contributed by atoms with E-state index in [9.17, 15) is 14.9 Å². The largest absolute Gasteiger partial charge is 0.378 e. The summed E-state index contributed by atoms with van der Waals surface area (Å²) in [5.74, 6) is -0.375. The van der Waals surface area contributed by atoms with Crippen LogP contribution in [0.1, 0.15) is 10.4 Å². The van der Waals surface area contributed by atoms with Crippen LogP contribution in [0.4, 0.5) is 17.1 Å². The van der Waals surface area contributed by atoms with Crippen LogP contribution in [0.25, 0.3) is 10.8 Å². The van der Waals surface area contributed by atoms with E-state index in [4.69, 9.17) is 4.74 Å². The Morgan fingerprint density at radius 1 is 1.00 bits per heavy atom. The number of nitro groups is 1. The molecule has 1 fully saturated rings. The summed E-state index contributed by atoms with van der Waals surface area (Å²) in [7, 11) is 0. The van der Waals surface area contributed by atoms with E-state index in [0.717, 1.165) is 10.8 Å². The molecule has 1 heterocycles. The normalized spacial score (nSPS) is 14.1. The topological polar surface area (TPSA) is 84.7 Å². The van der Waals surface area contributed by atoms with Gasteiger partial charge in [-0.3, -0.25) is 14.9 Å². The van der Waals surface area contributed by atoms with Gasteiger partial charge in [-0.25, -0.2) is 0 Å². The zero-order chi connectivity index (χ0) is 19.5. The second-order valence-corrected chi connectivity index (χ2v) is 6.57. The van der Waals surface area contributed by atoms with Crippen molar-refractivity contribution in [1.29, 1.82) is 0 Å². The number of ether oxygens (including phenoxy) is 1. The third-order valence-electron chi connectivity index (χ3n) is 4.79. The predicted octanol–water partition coefficient (Wildman–Crippen LogP) is 3.84. The van der Waals surface area contributed by atoms with Crippen molar-refractivity contribution in [2.75, 3.05) is 36.5 Å². The highest BCUT2D eigenvalue weighted by atomic mass is 16.6. The van der Waals surface area contributed by atoms with Gasteiger partial charge in [0.15, 0.2) is 0 Å². The number of non-ortho nitro benzene ring substituents is 1. The quantitative estimate of drug-likeness (QED) is 0.552. The fourth-order valence-corrected chi connectivity index (χ4v) is 3.36. The van der Waals surface area contributed by atoms with Crippen LogP contribution in [0.3, 0.4) is 0 Å². The summed E-state index contributed by atoms with van der Waals surface area (Å²) in [6, 6.07) is 17.9. The number of carbonyl (C=O) groups excluding carboxylic acids is 1. The highest BCUT2D eigenvalue weighted by molar-refractivity contribution is 6.09. The number of nitro benzene ring substituents is 1. The van der Waals surface area contributed by atoms with Gasteiger partial charge in [0.05, 0.1) is 29.4 Å². The lowest BCUT2D eigenvalue weighted by molar-refractivity contribution is -0.384. The SMILES string of the molecule is O=C(Nc1ccc2ccccc2c1)c1cc([N+](=O)[O-])ccc1N1CCOCC1. The molecule has 142 valence electrons. The summed E-state index contributed by atoms with van der Waals surface area (Å²) < 4.78 is 5.37. The number of morpholine rings is 1. The van der Waals surface area contributed by atoms with Gasteiger partial charge in [-0.05, 0) is 29.0 Å². The summed E-state index contributed by atoms with van der Waals surface area (Å²) in [6.45, 7) is 2.38. The van der Waals surface area contributed by atoms with E-state index in [2.05, 4.69) is 5.32 Å². The molecule has 0 atom stereocenters. The Bertz CT molecular complexity index is 1040. The molecule has 0 aliphatic carbocycles. The number of nitrogens with zero attached hydrogens (tertiary/aromatic N) is 2. The monoisotopic (exact) mass is 377 g/mol. The van der Waals surface area contributed by atoms with Crippen LogP contribution >= 0.6 is 0 Å². The number of carbonyl (C=O) groups is 1. The first-order chi connectivity index (χ1) is 13.6. The van der Waals surface area contributed by atoms with E-state index in [-0.39, 0.29) is 17.2 Å². The molecule has 0 bridgehead atoms. The third kappa shape index (κ3) is 3.65. The van der Waals surface area contributed by atoms with E-state index in [1.807, 2.05) is 47.4 Å². The summed E-state index contributed by atoms with van der Waals surface area (Å²) in [5, 5.41) is 16.2. The minimum absolute atomic E-state index is 0.110. The fraction of sp³-hybridized carbons (Fsp3) is 0.190.